The van der Waals surface area contributed by atoms with Crippen LogP contribution in [0.5, 0.6) is 0 Å². The van der Waals surface area contributed by atoms with E-state index in [0.29, 0.717) is 15.8 Å². The minimum absolute atomic E-state index is 0.0454. The average Bonchev–Trinajstić information content (AvgIpc) is 2.82. The molecule has 1 fully saturated rings. The number of benzene rings is 1. The molecule has 2 heterocycles. The van der Waals surface area contributed by atoms with Crippen LogP contribution in [-0.4, -0.2) is 23.5 Å². The number of carbonyl (C=O) groups excluding carboxylic acids is 1. The molecule has 0 aliphatic carbocycles. The lowest BCUT2D eigenvalue weighted by atomic mass is 10.2. The number of thioether (sulfide) groups is 1. The highest BCUT2D eigenvalue weighted by molar-refractivity contribution is 9.10. The summed E-state index contributed by atoms with van der Waals surface area (Å²) < 4.78 is 2.04. The standard InChI is InChI=1S/C15H17BrN2OS2/c16-9-4-5-11-12(7-9)21-14(13(11)17)15(19)18-8-10-3-1-2-6-20-10/h4-5,7,10H,1-3,6,8,17H2,(H,18,19). The van der Waals surface area contributed by atoms with Gasteiger partial charge in [0.05, 0.1) is 5.69 Å². The maximum absolute atomic E-state index is 12.4. The Morgan fingerprint density at radius 2 is 2.29 bits per heavy atom. The zero-order valence-corrected chi connectivity index (χ0v) is 14.7. The maximum atomic E-state index is 12.4. The molecule has 3 rings (SSSR count). The van der Waals surface area contributed by atoms with Crippen molar-refractivity contribution in [1.82, 2.24) is 5.32 Å². The second-order valence-corrected chi connectivity index (χ2v) is 8.56. The number of nitrogen functional groups attached to an aromatic ring is 1. The third-order valence-corrected chi connectivity index (χ3v) is 6.72. The highest BCUT2D eigenvalue weighted by atomic mass is 79.9. The molecule has 1 aromatic carbocycles. The summed E-state index contributed by atoms with van der Waals surface area (Å²) in [6, 6.07) is 5.91. The largest absolute Gasteiger partial charge is 0.397 e. The molecule has 0 saturated carbocycles. The Kier molecular flexibility index (Phi) is 4.76. The highest BCUT2D eigenvalue weighted by Gasteiger charge is 2.19. The lowest BCUT2D eigenvalue weighted by Gasteiger charge is -2.21. The number of fused-ring (bicyclic) bond motifs is 1. The predicted octanol–water partition coefficient (Wildman–Crippen LogP) is 4.26. The zero-order chi connectivity index (χ0) is 14.8. The molecule has 1 aliphatic heterocycles. The summed E-state index contributed by atoms with van der Waals surface area (Å²) in [5, 5.41) is 4.55. The molecule has 0 radical (unpaired) electrons. The van der Waals surface area contributed by atoms with Crippen LogP contribution in [0.2, 0.25) is 0 Å². The molecule has 1 unspecified atom stereocenters. The van der Waals surface area contributed by atoms with Gasteiger partial charge >= 0.3 is 0 Å². The fraction of sp³-hybridized carbons (Fsp3) is 0.400. The summed E-state index contributed by atoms with van der Waals surface area (Å²) in [6.45, 7) is 0.737. The topological polar surface area (TPSA) is 55.1 Å². The van der Waals surface area contributed by atoms with Gasteiger partial charge in [0.2, 0.25) is 0 Å². The van der Waals surface area contributed by atoms with E-state index in [9.17, 15) is 4.79 Å². The quantitative estimate of drug-likeness (QED) is 0.830. The molecule has 112 valence electrons. The molecule has 3 nitrogen and oxygen atoms in total. The second-order valence-electron chi connectivity index (χ2n) is 5.18. The van der Waals surface area contributed by atoms with Crippen LogP contribution in [0.4, 0.5) is 5.69 Å². The van der Waals surface area contributed by atoms with Crippen molar-refractivity contribution in [2.75, 3.05) is 18.0 Å². The van der Waals surface area contributed by atoms with E-state index in [1.165, 1.54) is 36.4 Å². The zero-order valence-electron chi connectivity index (χ0n) is 11.5. The molecule has 0 spiro atoms. The van der Waals surface area contributed by atoms with E-state index in [2.05, 4.69) is 21.2 Å². The van der Waals surface area contributed by atoms with Gasteiger partial charge < -0.3 is 11.1 Å². The number of hydrogen-bond donors (Lipinski definition) is 2. The number of nitrogens with one attached hydrogen (secondary N) is 1. The van der Waals surface area contributed by atoms with Crippen molar-refractivity contribution in [3.63, 3.8) is 0 Å². The third-order valence-electron chi connectivity index (χ3n) is 3.66. The summed E-state index contributed by atoms with van der Waals surface area (Å²) >= 11 is 6.87. The Hall–Kier alpha value is -0.720. The van der Waals surface area contributed by atoms with Gasteiger partial charge in [-0.05, 0) is 30.7 Å². The Morgan fingerprint density at radius 1 is 1.43 bits per heavy atom. The van der Waals surface area contributed by atoms with Gasteiger partial charge in [-0.3, -0.25) is 4.79 Å². The van der Waals surface area contributed by atoms with Crippen molar-refractivity contribution in [3.05, 3.63) is 27.5 Å². The van der Waals surface area contributed by atoms with Gasteiger partial charge in [-0.1, -0.05) is 28.4 Å². The van der Waals surface area contributed by atoms with Crippen molar-refractivity contribution in [1.29, 1.82) is 0 Å². The number of rotatable bonds is 3. The molecule has 3 N–H and O–H groups in total. The Balaban J connectivity index is 1.73. The predicted molar refractivity (Wildman–Crippen MR) is 96.4 cm³/mol. The molecule has 1 aliphatic rings. The van der Waals surface area contributed by atoms with Crippen LogP contribution in [0.1, 0.15) is 28.9 Å². The second kappa shape index (κ2) is 6.58. The molecule has 1 amide bonds. The smallest absolute Gasteiger partial charge is 0.263 e. The number of nitrogens with two attached hydrogens (primary N) is 1. The van der Waals surface area contributed by atoms with Crippen molar-refractivity contribution in [2.45, 2.75) is 24.5 Å². The first-order valence-corrected chi connectivity index (χ1v) is 9.68. The molecule has 1 atom stereocenters. The number of anilines is 1. The van der Waals surface area contributed by atoms with Crippen LogP contribution in [0.25, 0.3) is 10.1 Å². The molecule has 21 heavy (non-hydrogen) atoms. The van der Waals surface area contributed by atoms with Crippen molar-refractivity contribution in [2.24, 2.45) is 0 Å². The minimum atomic E-state index is -0.0454. The number of thiophene rings is 1. The van der Waals surface area contributed by atoms with Gasteiger partial charge in [0.15, 0.2) is 0 Å². The first-order valence-electron chi connectivity index (χ1n) is 7.02. The van der Waals surface area contributed by atoms with E-state index in [1.54, 1.807) is 0 Å². The summed E-state index contributed by atoms with van der Waals surface area (Å²) in [7, 11) is 0. The van der Waals surface area contributed by atoms with Gasteiger partial charge in [0, 0.05) is 26.4 Å². The van der Waals surface area contributed by atoms with Gasteiger partial charge in [0.1, 0.15) is 4.88 Å². The molecular formula is C15H17BrN2OS2. The number of carbonyl (C=O) groups is 1. The minimum Gasteiger partial charge on any atom is -0.397 e. The van der Waals surface area contributed by atoms with Gasteiger partial charge in [-0.2, -0.15) is 11.8 Å². The molecular weight excluding hydrogens is 368 g/mol. The number of hydrogen-bond acceptors (Lipinski definition) is 4. The first-order chi connectivity index (χ1) is 10.1. The average molecular weight is 385 g/mol. The SMILES string of the molecule is Nc1c(C(=O)NCC2CCCCS2)sc2cc(Br)ccc12. The summed E-state index contributed by atoms with van der Waals surface area (Å²) in [4.78, 5) is 13.0. The Labute approximate surface area is 140 Å². The third kappa shape index (κ3) is 3.38. The van der Waals surface area contributed by atoms with E-state index in [0.717, 1.165) is 21.1 Å². The van der Waals surface area contributed by atoms with E-state index >= 15 is 0 Å². The highest BCUT2D eigenvalue weighted by Crippen LogP contribution is 2.35. The van der Waals surface area contributed by atoms with Crippen LogP contribution in [0.3, 0.4) is 0 Å². The van der Waals surface area contributed by atoms with Crippen LogP contribution >= 0.6 is 39.0 Å². The van der Waals surface area contributed by atoms with E-state index in [1.807, 2.05) is 30.0 Å². The summed E-state index contributed by atoms with van der Waals surface area (Å²) in [6.07, 6.45) is 3.76. The van der Waals surface area contributed by atoms with Crippen molar-refractivity contribution in [3.8, 4) is 0 Å². The number of amides is 1. The van der Waals surface area contributed by atoms with Crippen LogP contribution < -0.4 is 11.1 Å². The first kappa shape index (κ1) is 15.2. The lowest BCUT2D eigenvalue weighted by Crippen LogP contribution is -2.31. The molecule has 0 bridgehead atoms. The van der Waals surface area contributed by atoms with Crippen LogP contribution in [0, 0.1) is 0 Å². The maximum Gasteiger partial charge on any atom is 0.263 e. The van der Waals surface area contributed by atoms with Gasteiger partial charge in [-0.25, -0.2) is 0 Å². The van der Waals surface area contributed by atoms with Crippen molar-refractivity contribution >= 4 is 60.7 Å². The summed E-state index contributed by atoms with van der Waals surface area (Å²) in [5.41, 5.74) is 6.72. The summed E-state index contributed by atoms with van der Waals surface area (Å²) in [5.74, 6) is 1.16. The van der Waals surface area contributed by atoms with Gasteiger partial charge in [-0.15, -0.1) is 11.3 Å². The molecule has 1 saturated heterocycles. The van der Waals surface area contributed by atoms with Gasteiger partial charge in [0.25, 0.3) is 5.91 Å². The number of halogens is 1. The monoisotopic (exact) mass is 384 g/mol. The van der Waals surface area contributed by atoms with Crippen LogP contribution in [0.15, 0.2) is 22.7 Å². The van der Waals surface area contributed by atoms with E-state index in [-0.39, 0.29) is 5.91 Å². The Bertz CT molecular complexity index is 665. The Morgan fingerprint density at radius 3 is 3.05 bits per heavy atom. The van der Waals surface area contributed by atoms with E-state index in [4.69, 9.17) is 5.73 Å². The normalized spacial score (nSPS) is 18.8. The van der Waals surface area contributed by atoms with Crippen LogP contribution in [-0.2, 0) is 0 Å². The molecule has 6 heteroatoms. The molecule has 2 aromatic rings. The lowest BCUT2D eigenvalue weighted by molar-refractivity contribution is 0.0958. The molecule has 1 aromatic heterocycles. The fourth-order valence-electron chi connectivity index (χ4n) is 2.51. The van der Waals surface area contributed by atoms with Crippen molar-refractivity contribution < 1.29 is 4.79 Å². The van der Waals surface area contributed by atoms with E-state index < -0.39 is 0 Å². The fourth-order valence-corrected chi connectivity index (χ4v) is 5.34.